The lowest BCUT2D eigenvalue weighted by Crippen LogP contribution is -2.04. The van der Waals surface area contributed by atoms with Gasteiger partial charge in [0.25, 0.3) is 0 Å². The molecule has 0 fully saturated rings. The Labute approximate surface area is 153 Å². The second kappa shape index (κ2) is 5.69. The van der Waals surface area contributed by atoms with Crippen molar-refractivity contribution in [3.05, 3.63) is 71.6 Å². The average Bonchev–Trinajstić information content (AvgIpc) is 3.08. The van der Waals surface area contributed by atoms with Gasteiger partial charge in [-0.05, 0) is 68.0 Å². The van der Waals surface area contributed by atoms with Crippen LogP contribution in [-0.2, 0) is 6.04 Å². The van der Waals surface area contributed by atoms with Gasteiger partial charge in [-0.25, -0.2) is 0 Å². The zero-order valence-corrected chi connectivity index (χ0v) is 16.3. The van der Waals surface area contributed by atoms with E-state index in [-0.39, 0.29) is 8.80 Å². The van der Waals surface area contributed by atoms with Crippen LogP contribution in [0.25, 0.3) is 42.4 Å². The minimum Gasteiger partial charge on any atom is -0.144 e. The molecule has 5 aromatic rings. The lowest BCUT2D eigenvalue weighted by Gasteiger charge is -2.09. The van der Waals surface area contributed by atoms with Gasteiger partial charge in [0.15, 0.2) is 0 Å². The summed E-state index contributed by atoms with van der Waals surface area (Å²) >= 11 is 1.82. The van der Waals surface area contributed by atoms with E-state index in [9.17, 15) is 0 Å². The summed E-state index contributed by atoms with van der Waals surface area (Å²) in [6.45, 7) is 4.76. The summed E-state index contributed by atoms with van der Waals surface area (Å²) in [6, 6.07) is 24.4. The molecule has 0 bridgehead atoms. The third-order valence-corrected chi connectivity index (χ3v) is 7.02. The van der Waals surface area contributed by atoms with Crippen molar-refractivity contribution in [2.24, 2.45) is 0 Å². The number of rotatable bonds is 2. The SMILES string of the molecule is C[Si](C)Cc1ccc2cc3c(ccc4c5ccsc5ccc34)cc2c1. The molecule has 1 radical (unpaired) electrons. The van der Waals surface area contributed by atoms with E-state index in [1.807, 2.05) is 11.3 Å². The minimum atomic E-state index is -0.239. The van der Waals surface area contributed by atoms with E-state index in [1.54, 1.807) is 0 Å². The van der Waals surface area contributed by atoms with Crippen LogP contribution in [0.1, 0.15) is 5.56 Å². The fourth-order valence-electron chi connectivity index (χ4n) is 3.91. The number of thiophene rings is 1. The topological polar surface area (TPSA) is 0 Å². The van der Waals surface area contributed by atoms with Gasteiger partial charge in [-0.2, -0.15) is 0 Å². The van der Waals surface area contributed by atoms with Crippen LogP contribution in [0.2, 0.25) is 13.1 Å². The highest BCUT2D eigenvalue weighted by Crippen LogP contribution is 2.35. The summed E-state index contributed by atoms with van der Waals surface area (Å²) in [5.74, 6) is 0. The molecule has 0 aliphatic carbocycles. The standard InChI is InChI=1S/C23H19SSi/c1-25(2)14-15-3-4-16-13-22-17(12-18(16)11-15)5-6-19-20(22)7-8-23-21(19)9-10-24-23/h3-13H,14H2,1-2H3. The summed E-state index contributed by atoms with van der Waals surface area (Å²) < 4.78 is 1.37. The molecule has 5 rings (SSSR count). The summed E-state index contributed by atoms with van der Waals surface area (Å²) in [5.41, 5.74) is 1.48. The second-order valence-corrected chi connectivity index (χ2v) is 10.9. The van der Waals surface area contributed by atoms with Crippen LogP contribution in [0.4, 0.5) is 0 Å². The largest absolute Gasteiger partial charge is 0.144 e. The average molecular weight is 356 g/mol. The highest BCUT2D eigenvalue weighted by Gasteiger charge is 2.07. The Balaban J connectivity index is 1.81. The van der Waals surface area contributed by atoms with Gasteiger partial charge in [0.1, 0.15) is 0 Å². The highest BCUT2D eigenvalue weighted by molar-refractivity contribution is 7.17. The molecule has 0 amide bonds. The van der Waals surface area contributed by atoms with Gasteiger partial charge < -0.3 is 0 Å². The van der Waals surface area contributed by atoms with Crippen molar-refractivity contribution < 1.29 is 0 Å². The maximum atomic E-state index is 2.39. The van der Waals surface area contributed by atoms with Crippen molar-refractivity contribution in [1.29, 1.82) is 0 Å². The third kappa shape index (κ3) is 2.48. The monoisotopic (exact) mass is 355 g/mol. The van der Waals surface area contributed by atoms with Crippen LogP contribution in [0.3, 0.4) is 0 Å². The van der Waals surface area contributed by atoms with Crippen LogP contribution < -0.4 is 0 Å². The van der Waals surface area contributed by atoms with E-state index in [4.69, 9.17) is 0 Å². The van der Waals surface area contributed by atoms with E-state index >= 15 is 0 Å². The smallest absolute Gasteiger partial charge is 0.0460 e. The van der Waals surface area contributed by atoms with Crippen molar-refractivity contribution in [3.8, 4) is 0 Å². The molecule has 2 heteroatoms. The van der Waals surface area contributed by atoms with Gasteiger partial charge in [0.05, 0.1) is 0 Å². The lowest BCUT2D eigenvalue weighted by molar-refractivity contribution is 1.37. The molecule has 0 unspecified atom stereocenters. The molecule has 0 saturated heterocycles. The Morgan fingerprint density at radius 2 is 1.48 bits per heavy atom. The molecule has 0 aliphatic rings. The van der Waals surface area contributed by atoms with Gasteiger partial charge in [0, 0.05) is 18.9 Å². The molecular formula is C23H19SSi. The fourth-order valence-corrected chi connectivity index (χ4v) is 5.75. The minimum absolute atomic E-state index is 0.239. The zero-order chi connectivity index (χ0) is 17.0. The Bertz CT molecular complexity index is 1250. The summed E-state index contributed by atoms with van der Waals surface area (Å²) in [5, 5.41) is 11.7. The maximum Gasteiger partial charge on any atom is 0.0460 e. The van der Waals surface area contributed by atoms with Crippen molar-refractivity contribution >= 4 is 62.5 Å². The molecule has 1 heterocycles. The summed E-state index contributed by atoms with van der Waals surface area (Å²) in [7, 11) is -0.239. The van der Waals surface area contributed by atoms with Crippen LogP contribution in [-0.4, -0.2) is 8.80 Å². The first-order valence-electron chi connectivity index (χ1n) is 8.73. The molecule has 0 nitrogen and oxygen atoms in total. The van der Waals surface area contributed by atoms with E-state index in [2.05, 4.69) is 79.1 Å². The van der Waals surface area contributed by atoms with E-state index in [1.165, 1.54) is 54.0 Å². The quantitative estimate of drug-likeness (QED) is 0.178. The number of hydrogen-bond donors (Lipinski definition) is 0. The predicted molar refractivity (Wildman–Crippen MR) is 116 cm³/mol. The lowest BCUT2D eigenvalue weighted by atomic mass is 9.96. The molecule has 0 atom stereocenters. The Morgan fingerprint density at radius 1 is 0.680 bits per heavy atom. The van der Waals surface area contributed by atoms with Gasteiger partial charge in [-0.1, -0.05) is 55.1 Å². The first kappa shape index (κ1) is 15.1. The predicted octanol–water partition coefficient (Wildman–Crippen LogP) is 7.20. The number of fused-ring (bicyclic) bond motifs is 6. The molecule has 1 aromatic heterocycles. The maximum absolute atomic E-state index is 2.39. The summed E-state index contributed by atoms with van der Waals surface area (Å²) in [4.78, 5) is 0. The molecule has 0 aliphatic heterocycles. The Morgan fingerprint density at radius 3 is 2.36 bits per heavy atom. The molecule has 25 heavy (non-hydrogen) atoms. The zero-order valence-electron chi connectivity index (χ0n) is 14.5. The summed E-state index contributed by atoms with van der Waals surface area (Å²) in [6.07, 6.45) is 0. The van der Waals surface area contributed by atoms with E-state index in [0.717, 1.165) is 0 Å². The molecular weight excluding hydrogens is 336 g/mol. The van der Waals surface area contributed by atoms with Crippen molar-refractivity contribution in [2.45, 2.75) is 19.1 Å². The Kier molecular flexibility index (Phi) is 3.44. The third-order valence-electron chi connectivity index (χ3n) is 5.03. The Hall–Kier alpha value is -2.16. The van der Waals surface area contributed by atoms with Crippen LogP contribution >= 0.6 is 11.3 Å². The molecule has 121 valence electrons. The van der Waals surface area contributed by atoms with E-state index < -0.39 is 0 Å². The normalized spacial score (nSPS) is 12.1. The second-order valence-electron chi connectivity index (χ2n) is 7.20. The van der Waals surface area contributed by atoms with Crippen LogP contribution in [0.5, 0.6) is 0 Å². The molecule has 0 N–H and O–H groups in total. The van der Waals surface area contributed by atoms with Crippen LogP contribution in [0, 0.1) is 0 Å². The molecule has 0 saturated carbocycles. The van der Waals surface area contributed by atoms with Gasteiger partial charge in [-0.15, -0.1) is 11.3 Å². The number of hydrogen-bond acceptors (Lipinski definition) is 1. The molecule has 4 aromatic carbocycles. The first-order valence-corrected chi connectivity index (χ1v) is 12.3. The van der Waals surface area contributed by atoms with Crippen LogP contribution in [0.15, 0.2) is 66.0 Å². The van der Waals surface area contributed by atoms with Gasteiger partial charge >= 0.3 is 0 Å². The van der Waals surface area contributed by atoms with Crippen molar-refractivity contribution in [3.63, 3.8) is 0 Å². The van der Waals surface area contributed by atoms with E-state index in [0.29, 0.717) is 0 Å². The van der Waals surface area contributed by atoms with Gasteiger partial charge in [0.2, 0.25) is 0 Å². The van der Waals surface area contributed by atoms with Crippen molar-refractivity contribution in [1.82, 2.24) is 0 Å². The number of benzene rings is 4. The highest BCUT2D eigenvalue weighted by atomic mass is 32.1. The van der Waals surface area contributed by atoms with Crippen molar-refractivity contribution in [2.75, 3.05) is 0 Å². The first-order chi connectivity index (χ1) is 12.2. The van der Waals surface area contributed by atoms with Gasteiger partial charge in [-0.3, -0.25) is 0 Å². The molecule has 0 spiro atoms. The fraction of sp³-hybridized carbons (Fsp3) is 0.130.